The number of nitrogens with zero attached hydrogens (tertiary/aromatic N) is 1. The molecule has 1 saturated heterocycles. The molecule has 0 unspecified atom stereocenters. The van der Waals surface area contributed by atoms with E-state index in [0.29, 0.717) is 39.3 Å². The van der Waals surface area contributed by atoms with E-state index in [1.165, 1.54) is 11.1 Å². The summed E-state index contributed by atoms with van der Waals surface area (Å²) in [6.45, 7) is 7.11. The molecule has 2 aromatic carbocycles. The molecule has 0 saturated carbocycles. The number of carbonyl (C=O) groups is 2. The Morgan fingerprint density at radius 2 is 1.73 bits per heavy atom. The second-order valence-corrected chi connectivity index (χ2v) is 8.78. The fourth-order valence-corrected chi connectivity index (χ4v) is 3.99. The molecule has 1 fully saturated rings. The normalized spacial score (nSPS) is 15.5. The summed E-state index contributed by atoms with van der Waals surface area (Å²) in [6.07, 6.45) is 2.47. The fraction of sp³-hybridized carbons (Fsp3) is 0.481. The Morgan fingerprint density at radius 3 is 2.39 bits per heavy atom. The number of rotatable bonds is 11. The van der Waals surface area contributed by atoms with Crippen LogP contribution in [0.25, 0.3) is 0 Å². The number of carbonyl (C=O) groups excluding carboxylic acids is 2. The molecular weight excluding hydrogens is 414 g/mol. The molecule has 0 bridgehead atoms. The quantitative estimate of drug-likeness (QED) is 0.545. The van der Waals surface area contributed by atoms with Crippen LogP contribution in [0.5, 0.6) is 0 Å². The summed E-state index contributed by atoms with van der Waals surface area (Å²) in [6, 6.07) is 18.4. The van der Waals surface area contributed by atoms with Gasteiger partial charge in [-0.15, -0.1) is 0 Å². The van der Waals surface area contributed by atoms with Crippen molar-refractivity contribution in [2.75, 3.05) is 38.2 Å². The summed E-state index contributed by atoms with van der Waals surface area (Å²) in [5.41, 5.74) is 3.44. The van der Waals surface area contributed by atoms with E-state index >= 15 is 0 Å². The minimum absolute atomic E-state index is 0.00322. The smallest absolute Gasteiger partial charge is 0.223 e. The van der Waals surface area contributed by atoms with Gasteiger partial charge in [0.1, 0.15) is 0 Å². The van der Waals surface area contributed by atoms with Gasteiger partial charge in [0.05, 0.1) is 13.2 Å². The maximum absolute atomic E-state index is 13.3. The highest BCUT2D eigenvalue weighted by Gasteiger charge is 2.27. The Bertz CT molecular complexity index is 864. The third kappa shape index (κ3) is 8.21. The van der Waals surface area contributed by atoms with E-state index in [9.17, 15) is 9.59 Å². The highest BCUT2D eigenvalue weighted by Crippen LogP contribution is 2.17. The van der Waals surface area contributed by atoms with Crippen molar-refractivity contribution in [3.8, 4) is 0 Å². The van der Waals surface area contributed by atoms with Gasteiger partial charge < -0.3 is 20.3 Å². The number of anilines is 1. The van der Waals surface area contributed by atoms with Crippen molar-refractivity contribution in [2.45, 2.75) is 45.6 Å². The summed E-state index contributed by atoms with van der Waals surface area (Å²) in [5, 5.41) is 6.61. The predicted octanol–water partition coefficient (Wildman–Crippen LogP) is 3.80. The summed E-state index contributed by atoms with van der Waals surface area (Å²) in [7, 11) is 0. The molecule has 6 nitrogen and oxygen atoms in total. The zero-order chi connectivity index (χ0) is 23.5. The number of aryl methyl sites for hydroxylation is 2. The third-order valence-corrected chi connectivity index (χ3v) is 6.22. The number of hydrogen-bond donors (Lipinski definition) is 2. The van der Waals surface area contributed by atoms with Crippen molar-refractivity contribution in [1.82, 2.24) is 10.2 Å². The first kappa shape index (κ1) is 24.8. The van der Waals surface area contributed by atoms with Crippen LogP contribution in [0.1, 0.15) is 37.3 Å². The summed E-state index contributed by atoms with van der Waals surface area (Å²) in [5.74, 6) is -0.351. The number of morpholine rings is 1. The van der Waals surface area contributed by atoms with Crippen LogP contribution >= 0.6 is 0 Å². The van der Waals surface area contributed by atoms with Gasteiger partial charge in [-0.2, -0.15) is 0 Å². The highest BCUT2D eigenvalue weighted by molar-refractivity contribution is 5.86. The first-order valence-corrected chi connectivity index (χ1v) is 12.1. The zero-order valence-corrected chi connectivity index (χ0v) is 19.9. The van der Waals surface area contributed by atoms with Crippen molar-refractivity contribution < 1.29 is 14.3 Å². The Kier molecular flexibility index (Phi) is 9.76. The lowest BCUT2D eigenvalue weighted by Gasteiger charge is -2.29. The standard InChI is InChI=1S/C27H37N3O3/c1-3-24(20-28-25-13-9-21(2)10-14-25)29-27(32)23(12-11-22-7-5-4-6-8-22)19-26(31)30-15-17-33-18-16-30/h4-10,13-14,23-24,28H,3,11-12,15-20H2,1-2H3,(H,29,32)/t23-,24+/m1/s1. The van der Waals surface area contributed by atoms with Gasteiger partial charge in [-0.25, -0.2) is 0 Å². The fourth-order valence-electron chi connectivity index (χ4n) is 3.99. The van der Waals surface area contributed by atoms with Crippen LogP contribution in [-0.2, 0) is 20.7 Å². The van der Waals surface area contributed by atoms with E-state index < -0.39 is 0 Å². The lowest BCUT2D eigenvalue weighted by molar-refractivity contribution is -0.139. The van der Waals surface area contributed by atoms with Crippen LogP contribution in [0.15, 0.2) is 54.6 Å². The van der Waals surface area contributed by atoms with E-state index in [2.05, 4.69) is 48.7 Å². The van der Waals surface area contributed by atoms with Crippen molar-refractivity contribution in [1.29, 1.82) is 0 Å². The van der Waals surface area contributed by atoms with Crippen molar-refractivity contribution >= 4 is 17.5 Å². The molecule has 178 valence electrons. The van der Waals surface area contributed by atoms with Crippen LogP contribution in [0.4, 0.5) is 5.69 Å². The van der Waals surface area contributed by atoms with E-state index in [4.69, 9.17) is 4.74 Å². The Labute approximate surface area is 197 Å². The third-order valence-electron chi connectivity index (χ3n) is 6.22. The molecule has 3 rings (SSSR count). The van der Waals surface area contributed by atoms with Gasteiger partial charge in [-0.1, -0.05) is 55.0 Å². The molecule has 1 aliphatic heterocycles. The van der Waals surface area contributed by atoms with E-state index in [1.54, 1.807) is 0 Å². The SMILES string of the molecule is CC[C@@H](CNc1ccc(C)cc1)NC(=O)[C@H](CCc1ccccc1)CC(=O)N1CCOCC1. The zero-order valence-electron chi connectivity index (χ0n) is 19.9. The average molecular weight is 452 g/mol. The average Bonchev–Trinajstić information content (AvgIpc) is 2.86. The first-order chi connectivity index (χ1) is 16.0. The number of amides is 2. The minimum Gasteiger partial charge on any atom is -0.383 e. The number of ether oxygens (including phenoxy) is 1. The van der Waals surface area contributed by atoms with Crippen molar-refractivity contribution in [2.24, 2.45) is 5.92 Å². The van der Waals surface area contributed by atoms with Crippen LogP contribution < -0.4 is 10.6 Å². The first-order valence-electron chi connectivity index (χ1n) is 12.1. The second-order valence-electron chi connectivity index (χ2n) is 8.78. The summed E-state index contributed by atoms with van der Waals surface area (Å²) < 4.78 is 5.36. The lowest BCUT2D eigenvalue weighted by Crippen LogP contribution is -2.45. The maximum Gasteiger partial charge on any atom is 0.223 e. The largest absolute Gasteiger partial charge is 0.383 e. The molecule has 1 heterocycles. The molecule has 0 spiro atoms. The van der Waals surface area contributed by atoms with Crippen LogP contribution in [0.3, 0.4) is 0 Å². The summed E-state index contributed by atoms with van der Waals surface area (Å²) >= 11 is 0. The van der Waals surface area contributed by atoms with Gasteiger partial charge >= 0.3 is 0 Å². The van der Waals surface area contributed by atoms with Gasteiger partial charge in [0.15, 0.2) is 0 Å². The molecule has 0 aromatic heterocycles. The van der Waals surface area contributed by atoms with E-state index in [1.807, 2.05) is 35.2 Å². The van der Waals surface area contributed by atoms with Gasteiger partial charge in [0.2, 0.25) is 11.8 Å². The lowest BCUT2D eigenvalue weighted by atomic mass is 9.94. The van der Waals surface area contributed by atoms with Gasteiger partial charge in [-0.05, 0) is 43.9 Å². The van der Waals surface area contributed by atoms with Gasteiger partial charge in [-0.3, -0.25) is 9.59 Å². The molecule has 0 radical (unpaired) electrons. The van der Waals surface area contributed by atoms with Crippen LogP contribution in [0.2, 0.25) is 0 Å². The van der Waals surface area contributed by atoms with E-state index in [0.717, 1.165) is 18.5 Å². The van der Waals surface area contributed by atoms with Gasteiger partial charge in [0, 0.05) is 43.7 Å². The molecular formula is C27H37N3O3. The monoisotopic (exact) mass is 451 g/mol. The molecule has 2 atom stereocenters. The topological polar surface area (TPSA) is 70.7 Å². The molecule has 33 heavy (non-hydrogen) atoms. The number of benzene rings is 2. The highest BCUT2D eigenvalue weighted by atomic mass is 16.5. The van der Waals surface area contributed by atoms with Gasteiger partial charge in [0.25, 0.3) is 0 Å². The van der Waals surface area contributed by atoms with Crippen molar-refractivity contribution in [3.05, 3.63) is 65.7 Å². The Balaban J connectivity index is 1.60. The van der Waals surface area contributed by atoms with Crippen LogP contribution in [0, 0.1) is 12.8 Å². The van der Waals surface area contributed by atoms with Crippen molar-refractivity contribution in [3.63, 3.8) is 0 Å². The minimum atomic E-state index is -0.353. The van der Waals surface area contributed by atoms with Crippen LogP contribution in [-0.4, -0.2) is 55.6 Å². The molecule has 2 N–H and O–H groups in total. The number of nitrogens with one attached hydrogen (secondary N) is 2. The molecule has 0 aliphatic carbocycles. The molecule has 1 aliphatic rings. The predicted molar refractivity (Wildman–Crippen MR) is 132 cm³/mol. The maximum atomic E-state index is 13.3. The Hall–Kier alpha value is -2.86. The van der Waals surface area contributed by atoms with E-state index in [-0.39, 0.29) is 30.2 Å². The molecule has 6 heteroatoms. The second kappa shape index (κ2) is 13.0. The summed E-state index contributed by atoms with van der Waals surface area (Å²) in [4.78, 5) is 28.0. The molecule has 2 amide bonds. The number of hydrogen-bond acceptors (Lipinski definition) is 4. The Morgan fingerprint density at radius 1 is 1.03 bits per heavy atom. The molecule has 2 aromatic rings.